The summed E-state index contributed by atoms with van der Waals surface area (Å²) in [5.41, 5.74) is 0.389. The summed E-state index contributed by atoms with van der Waals surface area (Å²) in [5.74, 6) is -0.665. The van der Waals surface area contributed by atoms with Gasteiger partial charge in [0, 0.05) is 0 Å². The highest BCUT2D eigenvalue weighted by molar-refractivity contribution is 5.82. The van der Waals surface area contributed by atoms with Crippen LogP contribution in [0.3, 0.4) is 0 Å². The van der Waals surface area contributed by atoms with E-state index in [0.717, 1.165) is 18.4 Å². The molecule has 0 unspecified atom stereocenters. The molecule has 106 valence electrons. The number of carbonyl (C=O) groups excluding carboxylic acids is 1. The van der Waals surface area contributed by atoms with Gasteiger partial charge in [-0.1, -0.05) is 6.07 Å². The van der Waals surface area contributed by atoms with Crippen LogP contribution >= 0.6 is 0 Å². The Balaban J connectivity index is 1.91. The Morgan fingerprint density at radius 2 is 2.15 bits per heavy atom. The summed E-state index contributed by atoms with van der Waals surface area (Å²) in [6, 6.07) is 6.98. The van der Waals surface area contributed by atoms with Gasteiger partial charge in [0.15, 0.2) is 0 Å². The van der Waals surface area contributed by atoms with E-state index in [1.54, 1.807) is 19.1 Å². The molecule has 1 fully saturated rings. The lowest BCUT2D eigenvalue weighted by atomic mass is 10.00. The second-order valence-corrected chi connectivity index (χ2v) is 5.29. The van der Waals surface area contributed by atoms with Crippen molar-refractivity contribution in [2.24, 2.45) is 0 Å². The summed E-state index contributed by atoms with van der Waals surface area (Å²) in [5, 5.41) is 14.7. The molecule has 0 aliphatic heterocycles. The number of carbonyl (C=O) groups is 1. The average Bonchev–Trinajstić information content (AvgIpc) is 2.87. The maximum absolute atomic E-state index is 13.6. The molecule has 1 aliphatic carbocycles. The highest BCUT2D eigenvalue weighted by Gasteiger charge is 2.35. The maximum Gasteiger partial charge on any atom is 0.240 e. The monoisotopic (exact) mass is 275 g/mol. The zero-order valence-corrected chi connectivity index (χ0v) is 11.5. The van der Waals surface area contributed by atoms with Crippen molar-refractivity contribution < 1.29 is 9.18 Å². The summed E-state index contributed by atoms with van der Waals surface area (Å²) < 4.78 is 13.6. The fourth-order valence-electron chi connectivity index (χ4n) is 2.49. The highest BCUT2D eigenvalue weighted by Crippen LogP contribution is 2.28. The van der Waals surface area contributed by atoms with E-state index in [9.17, 15) is 14.4 Å². The largest absolute Gasteiger partial charge is 0.374 e. The van der Waals surface area contributed by atoms with Crippen LogP contribution in [0.5, 0.6) is 0 Å². The number of hydrogen-bond donors (Lipinski definition) is 2. The molecule has 0 spiro atoms. The van der Waals surface area contributed by atoms with Crippen molar-refractivity contribution in [1.82, 2.24) is 5.32 Å². The smallest absolute Gasteiger partial charge is 0.240 e. The van der Waals surface area contributed by atoms with Gasteiger partial charge in [0.1, 0.15) is 11.4 Å². The summed E-state index contributed by atoms with van der Waals surface area (Å²) in [6.45, 7) is 1.76. The molecule has 1 saturated carbocycles. The number of hydrogen-bond acceptors (Lipinski definition) is 3. The summed E-state index contributed by atoms with van der Waals surface area (Å²) >= 11 is 0. The van der Waals surface area contributed by atoms with E-state index in [-0.39, 0.29) is 18.3 Å². The molecule has 1 aromatic rings. The number of aryl methyl sites for hydroxylation is 1. The third-order valence-electron chi connectivity index (χ3n) is 3.61. The van der Waals surface area contributed by atoms with Gasteiger partial charge in [-0.2, -0.15) is 5.26 Å². The van der Waals surface area contributed by atoms with Crippen molar-refractivity contribution in [1.29, 1.82) is 5.26 Å². The average molecular weight is 275 g/mol. The Hall–Kier alpha value is -2.09. The summed E-state index contributed by atoms with van der Waals surface area (Å²) in [4.78, 5) is 11.9. The molecule has 1 amide bonds. The molecular formula is C15H18FN3O. The van der Waals surface area contributed by atoms with Gasteiger partial charge in [-0.05, 0) is 50.3 Å². The SMILES string of the molecule is Cc1ccc(NCC(=O)NC2(C#N)CCCC2)c(F)c1. The van der Waals surface area contributed by atoms with E-state index >= 15 is 0 Å². The Bertz CT molecular complexity index is 545. The second-order valence-electron chi connectivity index (χ2n) is 5.29. The van der Waals surface area contributed by atoms with Crippen LogP contribution < -0.4 is 10.6 Å². The molecule has 0 heterocycles. The van der Waals surface area contributed by atoms with Crippen LogP contribution in [0, 0.1) is 24.1 Å². The van der Waals surface area contributed by atoms with Crippen LogP contribution in [-0.4, -0.2) is 18.0 Å². The van der Waals surface area contributed by atoms with E-state index < -0.39 is 5.54 Å². The number of halogens is 1. The Labute approximate surface area is 118 Å². The zero-order chi connectivity index (χ0) is 14.6. The molecule has 0 radical (unpaired) electrons. The molecule has 2 rings (SSSR count). The number of amides is 1. The van der Waals surface area contributed by atoms with E-state index in [4.69, 9.17) is 0 Å². The summed E-state index contributed by atoms with van der Waals surface area (Å²) in [7, 11) is 0. The second kappa shape index (κ2) is 5.91. The third-order valence-corrected chi connectivity index (χ3v) is 3.61. The van der Waals surface area contributed by atoms with Crippen LogP contribution in [0.15, 0.2) is 18.2 Å². The fraction of sp³-hybridized carbons (Fsp3) is 0.467. The van der Waals surface area contributed by atoms with Crippen molar-refractivity contribution in [2.75, 3.05) is 11.9 Å². The first-order valence-electron chi connectivity index (χ1n) is 6.77. The van der Waals surface area contributed by atoms with Gasteiger partial charge >= 0.3 is 0 Å². The van der Waals surface area contributed by atoms with Crippen LogP contribution in [0.2, 0.25) is 0 Å². The number of anilines is 1. The molecule has 0 aromatic heterocycles. The molecule has 5 heteroatoms. The predicted molar refractivity (Wildman–Crippen MR) is 74.6 cm³/mol. The van der Waals surface area contributed by atoms with E-state index in [2.05, 4.69) is 16.7 Å². The highest BCUT2D eigenvalue weighted by atomic mass is 19.1. The molecule has 0 atom stereocenters. The van der Waals surface area contributed by atoms with Crippen molar-refractivity contribution in [3.63, 3.8) is 0 Å². The van der Waals surface area contributed by atoms with Crippen molar-refractivity contribution >= 4 is 11.6 Å². The minimum absolute atomic E-state index is 0.0383. The fourth-order valence-corrected chi connectivity index (χ4v) is 2.49. The molecule has 4 nitrogen and oxygen atoms in total. The van der Waals surface area contributed by atoms with Gasteiger partial charge in [-0.15, -0.1) is 0 Å². The van der Waals surface area contributed by atoms with Gasteiger partial charge in [-0.3, -0.25) is 4.79 Å². The number of rotatable bonds is 4. The topological polar surface area (TPSA) is 64.9 Å². The molecule has 20 heavy (non-hydrogen) atoms. The normalized spacial score (nSPS) is 16.4. The molecular weight excluding hydrogens is 257 g/mol. The van der Waals surface area contributed by atoms with E-state index in [1.807, 2.05) is 0 Å². The first kappa shape index (κ1) is 14.3. The number of nitrogens with zero attached hydrogens (tertiary/aromatic N) is 1. The lowest BCUT2D eigenvalue weighted by Gasteiger charge is -2.22. The number of nitrogens with one attached hydrogen (secondary N) is 2. The Morgan fingerprint density at radius 1 is 1.45 bits per heavy atom. The Kier molecular flexibility index (Phi) is 4.23. The van der Waals surface area contributed by atoms with Gasteiger partial charge < -0.3 is 10.6 Å². The zero-order valence-electron chi connectivity index (χ0n) is 11.5. The van der Waals surface area contributed by atoms with E-state index in [1.165, 1.54) is 6.07 Å². The lowest BCUT2D eigenvalue weighted by molar-refractivity contribution is -0.120. The molecule has 0 bridgehead atoms. The molecule has 1 aromatic carbocycles. The van der Waals surface area contributed by atoms with Crippen LogP contribution in [0.4, 0.5) is 10.1 Å². The minimum Gasteiger partial charge on any atom is -0.374 e. The Morgan fingerprint density at radius 3 is 2.75 bits per heavy atom. The summed E-state index contributed by atoms with van der Waals surface area (Å²) in [6.07, 6.45) is 3.28. The maximum atomic E-state index is 13.6. The third kappa shape index (κ3) is 3.27. The number of benzene rings is 1. The van der Waals surface area contributed by atoms with Crippen LogP contribution in [-0.2, 0) is 4.79 Å². The van der Waals surface area contributed by atoms with E-state index in [0.29, 0.717) is 18.5 Å². The van der Waals surface area contributed by atoms with Crippen LogP contribution in [0.25, 0.3) is 0 Å². The van der Waals surface area contributed by atoms with Crippen molar-refractivity contribution in [3.8, 4) is 6.07 Å². The quantitative estimate of drug-likeness (QED) is 0.887. The van der Waals surface area contributed by atoms with Crippen molar-refractivity contribution in [2.45, 2.75) is 38.1 Å². The van der Waals surface area contributed by atoms with Gasteiger partial charge in [0.05, 0.1) is 18.3 Å². The minimum atomic E-state index is -0.732. The van der Waals surface area contributed by atoms with Gasteiger partial charge in [0.25, 0.3) is 0 Å². The molecule has 0 saturated heterocycles. The van der Waals surface area contributed by atoms with Gasteiger partial charge in [0.2, 0.25) is 5.91 Å². The first-order chi connectivity index (χ1) is 9.54. The lowest BCUT2D eigenvalue weighted by Crippen LogP contribution is -2.47. The van der Waals surface area contributed by atoms with Crippen LogP contribution in [0.1, 0.15) is 31.2 Å². The standard InChI is InChI=1S/C15H18FN3O/c1-11-4-5-13(12(16)8-11)18-9-14(20)19-15(10-17)6-2-3-7-15/h4-5,8,18H,2-3,6-7,9H2,1H3,(H,19,20). The number of nitriles is 1. The van der Waals surface area contributed by atoms with Gasteiger partial charge in [-0.25, -0.2) is 4.39 Å². The molecule has 1 aliphatic rings. The van der Waals surface area contributed by atoms with Crippen molar-refractivity contribution in [3.05, 3.63) is 29.6 Å². The predicted octanol–water partition coefficient (Wildman–Crippen LogP) is 2.50. The molecule has 2 N–H and O–H groups in total. The first-order valence-corrected chi connectivity index (χ1v) is 6.77.